The normalized spacial score (nSPS) is 11.6. The number of sulfonamides is 1. The molecule has 2 rings (SSSR count). The molecule has 0 saturated carbocycles. The summed E-state index contributed by atoms with van der Waals surface area (Å²) in [5.41, 5.74) is 0.643. The van der Waals surface area contributed by atoms with Crippen LogP contribution < -0.4 is 4.31 Å². The van der Waals surface area contributed by atoms with Crippen molar-refractivity contribution in [3.8, 4) is 0 Å². The lowest BCUT2D eigenvalue weighted by Crippen LogP contribution is -2.36. The molecule has 2 aromatic carbocycles. The van der Waals surface area contributed by atoms with E-state index in [0.717, 1.165) is 0 Å². The van der Waals surface area contributed by atoms with Gasteiger partial charge in [0.2, 0.25) is 0 Å². The average molecular weight is 339 g/mol. The standard InChI is InChI=1S/C16H19ClN2O2S/c1-18(2)11-12-19(15-8-4-3-5-9-15)22(20,21)16-10-6-7-14(17)13-16/h3-10,13H,11-12H2,1-2H3. The summed E-state index contributed by atoms with van der Waals surface area (Å²) >= 11 is 5.94. The first kappa shape index (κ1) is 16.8. The molecule has 4 nitrogen and oxygen atoms in total. The highest BCUT2D eigenvalue weighted by atomic mass is 35.5. The molecule has 2 aromatic rings. The number of hydrogen-bond donors (Lipinski definition) is 0. The van der Waals surface area contributed by atoms with Crippen LogP contribution in [0.5, 0.6) is 0 Å². The number of nitrogens with zero attached hydrogens (tertiary/aromatic N) is 2. The van der Waals surface area contributed by atoms with Crippen LogP contribution in [0.3, 0.4) is 0 Å². The minimum absolute atomic E-state index is 0.197. The topological polar surface area (TPSA) is 40.6 Å². The van der Waals surface area contributed by atoms with E-state index in [1.165, 1.54) is 10.4 Å². The maximum Gasteiger partial charge on any atom is 0.264 e. The van der Waals surface area contributed by atoms with Crippen LogP contribution in [-0.4, -0.2) is 40.5 Å². The highest BCUT2D eigenvalue weighted by Gasteiger charge is 2.24. The lowest BCUT2D eigenvalue weighted by atomic mass is 10.3. The van der Waals surface area contributed by atoms with E-state index in [-0.39, 0.29) is 4.90 Å². The quantitative estimate of drug-likeness (QED) is 0.812. The van der Waals surface area contributed by atoms with Crippen molar-refractivity contribution in [1.29, 1.82) is 0 Å². The fourth-order valence-electron chi connectivity index (χ4n) is 2.03. The molecule has 0 aliphatic carbocycles. The van der Waals surface area contributed by atoms with E-state index in [2.05, 4.69) is 0 Å². The Morgan fingerprint density at radius 1 is 0.955 bits per heavy atom. The van der Waals surface area contributed by atoms with E-state index in [1.54, 1.807) is 30.3 Å². The second-order valence-corrected chi connectivity index (χ2v) is 7.47. The first-order valence-corrected chi connectivity index (χ1v) is 8.71. The van der Waals surface area contributed by atoms with Crippen LogP contribution in [-0.2, 0) is 10.0 Å². The van der Waals surface area contributed by atoms with E-state index in [9.17, 15) is 8.42 Å². The van der Waals surface area contributed by atoms with E-state index in [4.69, 9.17) is 11.6 Å². The van der Waals surface area contributed by atoms with Crippen LogP contribution in [0.2, 0.25) is 5.02 Å². The monoisotopic (exact) mass is 338 g/mol. The minimum atomic E-state index is -3.65. The molecule has 0 radical (unpaired) electrons. The van der Waals surface area contributed by atoms with Crippen LogP contribution >= 0.6 is 11.6 Å². The SMILES string of the molecule is CN(C)CCN(c1ccccc1)S(=O)(=O)c1cccc(Cl)c1. The van der Waals surface area contributed by atoms with Crippen molar-refractivity contribution in [3.63, 3.8) is 0 Å². The number of para-hydroxylation sites is 1. The summed E-state index contributed by atoms with van der Waals surface area (Å²) in [6.45, 7) is 0.987. The van der Waals surface area contributed by atoms with Gasteiger partial charge in [0.05, 0.1) is 10.6 Å². The molecule has 0 heterocycles. The Morgan fingerprint density at radius 3 is 2.23 bits per heavy atom. The Balaban J connectivity index is 2.43. The fraction of sp³-hybridized carbons (Fsp3) is 0.250. The predicted octanol–water partition coefficient (Wildman–Crippen LogP) is 3.10. The molecular weight excluding hydrogens is 320 g/mol. The molecule has 0 unspecified atom stereocenters. The van der Waals surface area contributed by atoms with Crippen LogP contribution in [0.1, 0.15) is 0 Å². The molecular formula is C16H19ClN2O2S. The Morgan fingerprint density at radius 2 is 1.64 bits per heavy atom. The van der Waals surface area contributed by atoms with Crippen molar-refractivity contribution in [2.24, 2.45) is 0 Å². The van der Waals surface area contributed by atoms with Crippen molar-refractivity contribution in [3.05, 3.63) is 59.6 Å². The second-order valence-electron chi connectivity index (χ2n) is 5.17. The smallest absolute Gasteiger partial charge is 0.264 e. The van der Waals surface area contributed by atoms with Crippen molar-refractivity contribution in [2.75, 3.05) is 31.5 Å². The molecule has 118 valence electrons. The molecule has 0 N–H and O–H groups in total. The Kier molecular flexibility index (Phi) is 5.45. The van der Waals surface area contributed by atoms with Gasteiger partial charge in [0, 0.05) is 18.1 Å². The molecule has 0 amide bonds. The van der Waals surface area contributed by atoms with Gasteiger partial charge in [-0.25, -0.2) is 8.42 Å². The van der Waals surface area contributed by atoms with E-state index in [1.807, 2.05) is 37.2 Å². The van der Waals surface area contributed by atoms with Gasteiger partial charge in [0.1, 0.15) is 0 Å². The third-order valence-corrected chi connectivity index (χ3v) is 5.24. The van der Waals surface area contributed by atoms with Gasteiger partial charge in [-0.3, -0.25) is 4.31 Å². The number of benzene rings is 2. The zero-order chi connectivity index (χ0) is 16.2. The molecule has 22 heavy (non-hydrogen) atoms. The number of likely N-dealkylation sites (N-methyl/N-ethyl adjacent to an activating group) is 1. The van der Waals surface area contributed by atoms with Gasteiger partial charge in [-0.1, -0.05) is 35.9 Å². The van der Waals surface area contributed by atoms with Crippen LogP contribution in [0.15, 0.2) is 59.5 Å². The molecule has 0 aliphatic rings. The maximum atomic E-state index is 12.9. The van der Waals surface area contributed by atoms with E-state index < -0.39 is 10.0 Å². The summed E-state index contributed by atoms with van der Waals surface area (Å²) in [4.78, 5) is 2.14. The molecule has 0 fully saturated rings. The molecule has 0 saturated heterocycles. The minimum Gasteiger partial charge on any atom is -0.308 e. The molecule has 6 heteroatoms. The first-order chi connectivity index (χ1) is 10.4. The summed E-state index contributed by atoms with van der Waals surface area (Å²) < 4.78 is 27.3. The molecule has 0 aliphatic heterocycles. The average Bonchev–Trinajstić information content (AvgIpc) is 2.48. The van der Waals surface area contributed by atoms with Crippen molar-refractivity contribution in [1.82, 2.24) is 4.90 Å². The van der Waals surface area contributed by atoms with Crippen LogP contribution in [0.4, 0.5) is 5.69 Å². The first-order valence-electron chi connectivity index (χ1n) is 6.89. The molecule has 0 aromatic heterocycles. The van der Waals surface area contributed by atoms with E-state index in [0.29, 0.717) is 23.8 Å². The summed E-state index contributed by atoms with van der Waals surface area (Å²) in [5, 5.41) is 0.404. The Bertz CT molecular complexity index is 718. The Hall–Kier alpha value is -1.56. The highest BCUT2D eigenvalue weighted by molar-refractivity contribution is 7.92. The second kappa shape index (κ2) is 7.13. The summed E-state index contributed by atoms with van der Waals surface area (Å²) in [5.74, 6) is 0. The lowest BCUT2D eigenvalue weighted by molar-refractivity contribution is 0.419. The number of rotatable bonds is 6. The maximum absolute atomic E-state index is 12.9. The number of hydrogen-bond acceptors (Lipinski definition) is 3. The van der Waals surface area contributed by atoms with Gasteiger partial charge >= 0.3 is 0 Å². The van der Waals surface area contributed by atoms with Gasteiger partial charge in [0.15, 0.2) is 0 Å². The van der Waals surface area contributed by atoms with Gasteiger partial charge in [-0.2, -0.15) is 0 Å². The van der Waals surface area contributed by atoms with Crippen molar-refractivity contribution < 1.29 is 8.42 Å². The predicted molar refractivity (Wildman–Crippen MR) is 91.0 cm³/mol. The molecule has 0 atom stereocenters. The Labute approximate surface area is 137 Å². The van der Waals surface area contributed by atoms with Crippen LogP contribution in [0.25, 0.3) is 0 Å². The largest absolute Gasteiger partial charge is 0.308 e. The van der Waals surface area contributed by atoms with Gasteiger partial charge < -0.3 is 4.90 Å². The van der Waals surface area contributed by atoms with E-state index >= 15 is 0 Å². The molecule has 0 spiro atoms. The zero-order valence-corrected chi connectivity index (χ0v) is 14.2. The third kappa shape index (κ3) is 4.00. The van der Waals surface area contributed by atoms with Gasteiger partial charge in [-0.15, -0.1) is 0 Å². The third-order valence-electron chi connectivity index (χ3n) is 3.18. The summed E-state index contributed by atoms with van der Waals surface area (Å²) in [6.07, 6.45) is 0. The summed E-state index contributed by atoms with van der Waals surface area (Å²) in [7, 11) is 0.174. The van der Waals surface area contributed by atoms with Crippen molar-refractivity contribution in [2.45, 2.75) is 4.90 Å². The highest BCUT2D eigenvalue weighted by Crippen LogP contribution is 2.24. The van der Waals surface area contributed by atoms with Crippen LogP contribution in [0, 0.1) is 0 Å². The van der Waals surface area contributed by atoms with Gasteiger partial charge in [0.25, 0.3) is 10.0 Å². The zero-order valence-electron chi connectivity index (χ0n) is 12.6. The number of anilines is 1. The number of halogens is 1. The molecule has 0 bridgehead atoms. The van der Waals surface area contributed by atoms with Crippen molar-refractivity contribution >= 4 is 27.3 Å². The van der Waals surface area contributed by atoms with Gasteiger partial charge in [-0.05, 0) is 44.4 Å². The summed E-state index contributed by atoms with van der Waals surface area (Å²) in [6, 6.07) is 15.4. The lowest BCUT2D eigenvalue weighted by Gasteiger charge is -2.26. The fourth-order valence-corrected chi connectivity index (χ4v) is 3.78.